The highest BCUT2D eigenvalue weighted by Gasteiger charge is 2.48. The van der Waals surface area contributed by atoms with Crippen LogP contribution in [0.25, 0.3) is 0 Å². The lowest BCUT2D eigenvalue weighted by molar-refractivity contribution is -0.155. The van der Waals surface area contributed by atoms with E-state index in [1.165, 1.54) is 24.0 Å². The fourth-order valence-electron chi connectivity index (χ4n) is 4.23. The third-order valence-electron chi connectivity index (χ3n) is 6.37. The van der Waals surface area contributed by atoms with E-state index in [0.717, 1.165) is 17.6 Å². The molecule has 0 saturated carbocycles. The molecule has 0 aromatic rings. The van der Waals surface area contributed by atoms with Crippen LogP contribution in [0.2, 0.25) is 0 Å². The number of carbonyl (C=O) groups excluding carboxylic acids is 3. The normalized spacial score (nSPS) is 24.1. The van der Waals surface area contributed by atoms with Gasteiger partial charge in [-0.1, -0.05) is 60.9 Å². The van der Waals surface area contributed by atoms with Crippen molar-refractivity contribution in [2.24, 2.45) is 5.41 Å². The quantitative estimate of drug-likeness (QED) is 0.251. The third kappa shape index (κ3) is 8.40. The lowest BCUT2D eigenvalue weighted by Crippen LogP contribution is -2.41. The molecular formula is C28H38O8. The monoisotopic (exact) mass is 502 g/mol. The van der Waals surface area contributed by atoms with Crippen molar-refractivity contribution in [2.75, 3.05) is 19.8 Å². The van der Waals surface area contributed by atoms with Crippen LogP contribution in [0.5, 0.6) is 0 Å². The fraction of sp³-hybridized carbons (Fsp3) is 0.536. The molecule has 1 fully saturated rings. The van der Waals surface area contributed by atoms with E-state index >= 15 is 0 Å². The number of rotatable bonds is 11. The van der Waals surface area contributed by atoms with E-state index in [1.807, 2.05) is 32.1 Å². The molecule has 0 aromatic carbocycles. The van der Waals surface area contributed by atoms with Crippen LogP contribution in [0.1, 0.15) is 53.9 Å². The van der Waals surface area contributed by atoms with Gasteiger partial charge in [-0.2, -0.15) is 0 Å². The number of Topliss-reactive ketones (excluding diaryl/α,β-unsaturated/α-hetero) is 1. The van der Waals surface area contributed by atoms with E-state index in [9.17, 15) is 19.5 Å². The number of cyclic esters (lactones) is 1. The van der Waals surface area contributed by atoms with Crippen LogP contribution in [0.4, 0.5) is 0 Å². The number of hydrogen-bond acceptors (Lipinski definition) is 8. The number of carbonyl (C=O) groups is 3. The van der Waals surface area contributed by atoms with Crippen LogP contribution in [0, 0.1) is 5.41 Å². The van der Waals surface area contributed by atoms with Crippen molar-refractivity contribution in [1.29, 1.82) is 0 Å². The average molecular weight is 503 g/mol. The van der Waals surface area contributed by atoms with Gasteiger partial charge in [0.25, 0.3) is 5.78 Å². The zero-order chi connectivity index (χ0) is 26.9. The maximum atomic E-state index is 11.9. The average Bonchev–Trinajstić information content (AvgIpc) is 3.09. The molecule has 1 heterocycles. The predicted molar refractivity (Wildman–Crippen MR) is 135 cm³/mol. The lowest BCUT2D eigenvalue weighted by Gasteiger charge is -2.32. The Hall–Kier alpha value is -2.81. The molecular weight excluding hydrogens is 464 g/mol. The highest BCUT2D eigenvalue weighted by atomic mass is 16.6. The van der Waals surface area contributed by atoms with Gasteiger partial charge in [-0.3, -0.25) is 4.79 Å². The summed E-state index contributed by atoms with van der Waals surface area (Å²) in [6, 6.07) is 0. The van der Waals surface area contributed by atoms with E-state index < -0.39 is 49.2 Å². The molecule has 0 amide bonds. The smallest absolute Gasteiger partial charge is 0.378 e. The van der Waals surface area contributed by atoms with Crippen molar-refractivity contribution in [2.45, 2.75) is 72.2 Å². The largest absolute Gasteiger partial charge is 0.460 e. The van der Waals surface area contributed by atoms with Crippen molar-refractivity contribution < 1.29 is 38.8 Å². The summed E-state index contributed by atoms with van der Waals surface area (Å²) in [5.41, 5.74) is 5.10. The summed E-state index contributed by atoms with van der Waals surface area (Å²) >= 11 is 0. The molecule has 8 nitrogen and oxygen atoms in total. The predicted octanol–water partition coefficient (Wildman–Crippen LogP) is 3.29. The van der Waals surface area contributed by atoms with Crippen molar-refractivity contribution in [3.05, 3.63) is 58.7 Å². The number of esters is 2. The molecule has 3 atom stereocenters. The zero-order valence-electron chi connectivity index (χ0n) is 21.8. The molecule has 1 aliphatic heterocycles. The number of ketones is 1. The lowest BCUT2D eigenvalue weighted by atomic mass is 9.72. The Balaban J connectivity index is 1.80. The Bertz CT molecular complexity index is 980. The number of aliphatic hydroxyl groups excluding tert-OH is 2. The Morgan fingerprint density at radius 2 is 1.94 bits per heavy atom. The summed E-state index contributed by atoms with van der Waals surface area (Å²) in [5, 5.41) is 18.7. The van der Waals surface area contributed by atoms with Gasteiger partial charge in [0.15, 0.2) is 12.2 Å². The van der Waals surface area contributed by atoms with Crippen molar-refractivity contribution >= 4 is 17.7 Å². The standard InChI is InChI=1S/C28H38O8/c1-18(11-12-21-20(3)10-7-14-28(21,4)5)8-6-9-19(2)13-15-34-23(31)17-35-26-24(32)27(33)36-25(26)22(30)16-29/h6,8-9,11-13,22,25-26,29-30H,7,10,14-17H2,1-5H3. The van der Waals surface area contributed by atoms with Crippen LogP contribution < -0.4 is 0 Å². The SMILES string of the molecule is CC(C=CC1=C(C)CCCC1(C)C)=CC=CC(C)=CCOC(=O)COC1C(=O)C(=O)OC1C(O)CO. The topological polar surface area (TPSA) is 119 Å². The van der Waals surface area contributed by atoms with Gasteiger partial charge < -0.3 is 24.4 Å². The number of aliphatic hydroxyl groups is 2. The van der Waals surface area contributed by atoms with E-state index in [2.05, 4.69) is 32.9 Å². The minimum atomic E-state index is -1.49. The first kappa shape index (κ1) is 29.4. The fourth-order valence-corrected chi connectivity index (χ4v) is 4.23. The molecule has 36 heavy (non-hydrogen) atoms. The molecule has 1 saturated heterocycles. The minimum absolute atomic E-state index is 0.000216. The Kier molecular flexibility index (Phi) is 11.0. The summed E-state index contributed by atoms with van der Waals surface area (Å²) in [6.45, 7) is 9.39. The van der Waals surface area contributed by atoms with Gasteiger partial charge >= 0.3 is 11.9 Å². The van der Waals surface area contributed by atoms with Crippen molar-refractivity contribution in [3.8, 4) is 0 Å². The molecule has 0 aromatic heterocycles. The number of ether oxygens (including phenoxy) is 3. The second-order valence-corrected chi connectivity index (χ2v) is 9.88. The first-order valence-corrected chi connectivity index (χ1v) is 12.2. The summed E-state index contributed by atoms with van der Waals surface area (Å²) in [7, 11) is 0. The molecule has 0 bridgehead atoms. The number of hydrogen-bond donors (Lipinski definition) is 2. The Morgan fingerprint density at radius 1 is 1.22 bits per heavy atom. The van der Waals surface area contributed by atoms with Crippen LogP contribution in [0.15, 0.2) is 58.7 Å². The second kappa shape index (κ2) is 13.5. The minimum Gasteiger partial charge on any atom is -0.460 e. The van der Waals surface area contributed by atoms with Crippen molar-refractivity contribution in [3.63, 3.8) is 0 Å². The van der Waals surface area contributed by atoms with Gasteiger partial charge in [-0.25, -0.2) is 9.59 Å². The molecule has 1 aliphatic carbocycles. The molecule has 3 unspecified atom stereocenters. The Labute approximate surface area is 213 Å². The highest BCUT2D eigenvalue weighted by Crippen LogP contribution is 2.40. The van der Waals surface area contributed by atoms with Crippen LogP contribution in [-0.4, -0.2) is 66.1 Å². The third-order valence-corrected chi connectivity index (χ3v) is 6.37. The molecule has 2 N–H and O–H groups in total. The Morgan fingerprint density at radius 3 is 2.61 bits per heavy atom. The second-order valence-electron chi connectivity index (χ2n) is 9.88. The highest BCUT2D eigenvalue weighted by molar-refractivity contribution is 6.37. The molecule has 0 spiro atoms. The van der Waals surface area contributed by atoms with Crippen LogP contribution in [-0.2, 0) is 28.6 Å². The van der Waals surface area contributed by atoms with E-state index in [4.69, 9.17) is 19.3 Å². The maximum Gasteiger partial charge on any atom is 0.378 e. The van der Waals surface area contributed by atoms with E-state index in [0.29, 0.717) is 0 Å². The number of allylic oxidation sites excluding steroid dienone is 9. The van der Waals surface area contributed by atoms with Crippen molar-refractivity contribution in [1.82, 2.24) is 0 Å². The molecule has 2 aliphatic rings. The zero-order valence-corrected chi connectivity index (χ0v) is 21.8. The molecule has 2 rings (SSSR count). The summed E-state index contributed by atoms with van der Waals surface area (Å²) < 4.78 is 14.9. The van der Waals surface area contributed by atoms with Gasteiger partial charge in [-0.05, 0) is 57.1 Å². The first-order valence-electron chi connectivity index (χ1n) is 12.2. The summed E-state index contributed by atoms with van der Waals surface area (Å²) in [4.78, 5) is 35.1. The summed E-state index contributed by atoms with van der Waals surface area (Å²) in [6.07, 6.45) is 11.2. The van der Waals surface area contributed by atoms with Gasteiger partial charge in [0.05, 0.1) is 6.61 Å². The molecule has 8 heteroatoms. The molecule has 0 radical (unpaired) electrons. The van der Waals surface area contributed by atoms with E-state index in [-0.39, 0.29) is 12.0 Å². The van der Waals surface area contributed by atoms with Crippen LogP contribution in [0.3, 0.4) is 0 Å². The first-order chi connectivity index (χ1) is 17.0. The van der Waals surface area contributed by atoms with Gasteiger partial charge in [0.1, 0.15) is 19.3 Å². The van der Waals surface area contributed by atoms with Gasteiger partial charge in [0.2, 0.25) is 0 Å². The molecule has 198 valence electrons. The maximum absolute atomic E-state index is 11.9. The van der Waals surface area contributed by atoms with Gasteiger partial charge in [-0.15, -0.1) is 0 Å². The summed E-state index contributed by atoms with van der Waals surface area (Å²) in [5.74, 6) is -2.95. The van der Waals surface area contributed by atoms with Crippen LogP contribution >= 0.6 is 0 Å². The van der Waals surface area contributed by atoms with E-state index in [1.54, 1.807) is 6.08 Å². The van der Waals surface area contributed by atoms with Gasteiger partial charge in [0, 0.05) is 0 Å².